The number of benzene rings is 1. The molecular formula is C15H24N2O2. The number of rotatable bonds is 7. The third-order valence-electron chi connectivity index (χ3n) is 3.09. The quantitative estimate of drug-likeness (QED) is 0.794. The van der Waals surface area contributed by atoms with Gasteiger partial charge in [-0.3, -0.25) is 4.79 Å². The van der Waals surface area contributed by atoms with Gasteiger partial charge in [-0.25, -0.2) is 0 Å². The molecule has 1 amide bonds. The molecule has 0 saturated carbocycles. The maximum absolute atomic E-state index is 11.8. The summed E-state index contributed by atoms with van der Waals surface area (Å²) in [6.45, 7) is 3.83. The first-order chi connectivity index (χ1) is 9.08. The van der Waals surface area contributed by atoms with Gasteiger partial charge in [0.15, 0.2) is 0 Å². The van der Waals surface area contributed by atoms with Crippen LogP contribution < -0.4 is 15.8 Å². The van der Waals surface area contributed by atoms with E-state index in [2.05, 4.69) is 12.2 Å². The van der Waals surface area contributed by atoms with Gasteiger partial charge < -0.3 is 15.8 Å². The molecule has 0 saturated heterocycles. The molecular weight excluding hydrogens is 240 g/mol. The van der Waals surface area contributed by atoms with Crippen LogP contribution in [0.1, 0.15) is 44.7 Å². The average molecular weight is 264 g/mol. The number of amides is 1. The van der Waals surface area contributed by atoms with E-state index >= 15 is 0 Å². The minimum atomic E-state index is -0.484. The number of hydrogen-bond acceptors (Lipinski definition) is 3. The molecule has 1 unspecified atom stereocenters. The minimum Gasteiger partial charge on any atom is -0.497 e. The molecule has 0 aliphatic carbocycles. The van der Waals surface area contributed by atoms with Crippen LogP contribution in [0.5, 0.6) is 5.75 Å². The molecule has 0 fully saturated rings. The standard InChI is InChI=1S/C15H24N2O2/c1-4-5-6-14(17-15(18)11(2)16)12-7-9-13(19-3)10-8-12/h7-11,14H,4-6,16H2,1-3H3,(H,17,18)/t11-,14?/m0/s1. The normalized spacial score (nSPS) is 13.7. The summed E-state index contributed by atoms with van der Waals surface area (Å²) in [6.07, 6.45) is 3.08. The Kier molecular flexibility index (Phi) is 6.36. The van der Waals surface area contributed by atoms with Crippen LogP contribution in [-0.4, -0.2) is 19.1 Å². The van der Waals surface area contributed by atoms with Crippen LogP contribution >= 0.6 is 0 Å². The fourth-order valence-corrected chi connectivity index (χ4v) is 1.87. The Morgan fingerprint density at radius 1 is 1.37 bits per heavy atom. The highest BCUT2D eigenvalue weighted by molar-refractivity contribution is 5.81. The number of hydrogen-bond donors (Lipinski definition) is 2. The number of ether oxygens (including phenoxy) is 1. The van der Waals surface area contributed by atoms with Gasteiger partial charge in [-0.15, -0.1) is 0 Å². The van der Waals surface area contributed by atoms with Crippen molar-refractivity contribution < 1.29 is 9.53 Å². The van der Waals surface area contributed by atoms with Crippen LogP contribution in [-0.2, 0) is 4.79 Å². The molecule has 0 radical (unpaired) electrons. The first-order valence-corrected chi connectivity index (χ1v) is 6.78. The lowest BCUT2D eigenvalue weighted by molar-refractivity contribution is -0.122. The zero-order chi connectivity index (χ0) is 14.3. The summed E-state index contributed by atoms with van der Waals surface area (Å²) in [5.74, 6) is 0.702. The summed E-state index contributed by atoms with van der Waals surface area (Å²) >= 11 is 0. The van der Waals surface area contributed by atoms with Crippen LogP contribution in [0.2, 0.25) is 0 Å². The van der Waals surface area contributed by atoms with Gasteiger partial charge in [-0.1, -0.05) is 31.9 Å². The number of unbranched alkanes of at least 4 members (excludes halogenated alkanes) is 1. The van der Waals surface area contributed by atoms with E-state index in [1.165, 1.54) is 0 Å². The molecule has 19 heavy (non-hydrogen) atoms. The Bertz CT molecular complexity index is 388. The van der Waals surface area contributed by atoms with E-state index in [0.717, 1.165) is 30.6 Å². The molecule has 0 aliphatic heterocycles. The third-order valence-corrected chi connectivity index (χ3v) is 3.09. The lowest BCUT2D eigenvalue weighted by Crippen LogP contribution is -2.40. The monoisotopic (exact) mass is 264 g/mol. The van der Waals surface area contributed by atoms with E-state index in [0.29, 0.717) is 0 Å². The summed E-state index contributed by atoms with van der Waals surface area (Å²) in [7, 11) is 1.64. The maximum Gasteiger partial charge on any atom is 0.237 e. The smallest absolute Gasteiger partial charge is 0.237 e. The molecule has 1 aromatic carbocycles. The topological polar surface area (TPSA) is 64.4 Å². The van der Waals surface area contributed by atoms with Gasteiger partial charge in [0.05, 0.1) is 19.2 Å². The zero-order valence-electron chi connectivity index (χ0n) is 12.0. The minimum absolute atomic E-state index is 0.0179. The van der Waals surface area contributed by atoms with E-state index < -0.39 is 6.04 Å². The SMILES string of the molecule is CCCCC(NC(=O)[C@H](C)N)c1ccc(OC)cc1. The van der Waals surface area contributed by atoms with E-state index in [9.17, 15) is 4.79 Å². The van der Waals surface area contributed by atoms with Crippen molar-refractivity contribution in [2.24, 2.45) is 5.73 Å². The van der Waals surface area contributed by atoms with Crippen molar-refractivity contribution in [3.05, 3.63) is 29.8 Å². The second-order valence-electron chi connectivity index (χ2n) is 4.77. The zero-order valence-corrected chi connectivity index (χ0v) is 12.0. The molecule has 3 N–H and O–H groups in total. The lowest BCUT2D eigenvalue weighted by atomic mass is 10.0. The highest BCUT2D eigenvalue weighted by Gasteiger charge is 2.16. The van der Waals surface area contributed by atoms with Gasteiger partial charge in [-0.05, 0) is 31.0 Å². The number of carbonyl (C=O) groups is 1. The fraction of sp³-hybridized carbons (Fsp3) is 0.533. The van der Waals surface area contributed by atoms with Crippen molar-refractivity contribution in [1.29, 1.82) is 0 Å². The van der Waals surface area contributed by atoms with Crippen molar-refractivity contribution >= 4 is 5.91 Å². The summed E-state index contributed by atoms with van der Waals surface area (Å²) in [5, 5.41) is 3.00. The Morgan fingerprint density at radius 3 is 2.47 bits per heavy atom. The maximum atomic E-state index is 11.8. The Balaban J connectivity index is 2.79. The van der Waals surface area contributed by atoms with Gasteiger partial charge in [-0.2, -0.15) is 0 Å². The van der Waals surface area contributed by atoms with Crippen LogP contribution in [0.25, 0.3) is 0 Å². The summed E-state index contributed by atoms with van der Waals surface area (Å²) < 4.78 is 5.14. The Morgan fingerprint density at radius 2 is 2.00 bits per heavy atom. The molecule has 1 rings (SSSR count). The molecule has 2 atom stereocenters. The van der Waals surface area contributed by atoms with Crippen molar-refractivity contribution in [2.45, 2.75) is 45.2 Å². The highest BCUT2D eigenvalue weighted by Crippen LogP contribution is 2.22. The van der Waals surface area contributed by atoms with E-state index in [4.69, 9.17) is 10.5 Å². The molecule has 0 spiro atoms. The number of nitrogens with one attached hydrogen (secondary N) is 1. The molecule has 0 aliphatic rings. The van der Waals surface area contributed by atoms with Crippen molar-refractivity contribution in [3.63, 3.8) is 0 Å². The van der Waals surface area contributed by atoms with Crippen LogP contribution in [0.3, 0.4) is 0 Å². The predicted molar refractivity (Wildman–Crippen MR) is 77.1 cm³/mol. The molecule has 106 valence electrons. The first kappa shape index (κ1) is 15.5. The predicted octanol–water partition coefficient (Wildman–Crippen LogP) is 2.39. The third kappa shape index (κ3) is 4.91. The number of carbonyl (C=O) groups excluding carboxylic acids is 1. The van der Waals surface area contributed by atoms with Crippen LogP contribution in [0, 0.1) is 0 Å². The Hall–Kier alpha value is -1.55. The van der Waals surface area contributed by atoms with E-state index in [1.807, 2.05) is 24.3 Å². The Labute approximate surface area is 115 Å². The second-order valence-corrected chi connectivity index (χ2v) is 4.77. The van der Waals surface area contributed by atoms with Crippen molar-refractivity contribution in [2.75, 3.05) is 7.11 Å². The van der Waals surface area contributed by atoms with Gasteiger partial charge in [0, 0.05) is 0 Å². The van der Waals surface area contributed by atoms with E-state index in [-0.39, 0.29) is 11.9 Å². The molecule has 4 heteroatoms. The molecule has 0 bridgehead atoms. The summed E-state index contributed by atoms with van der Waals surface area (Å²) in [4.78, 5) is 11.8. The average Bonchev–Trinajstić information content (AvgIpc) is 2.43. The van der Waals surface area contributed by atoms with Gasteiger partial charge >= 0.3 is 0 Å². The van der Waals surface area contributed by atoms with Crippen molar-refractivity contribution in [3.8, 4) is 5.75 Å². The molecule has 4 nitrogen and oxygen atoms in total. The van der Waals surface area contributed by atoms with E-state index in [1.54, 1.807) is 14.0 Å². The molecule has 0 aromatic heterocycles. The van der Waals surface area contributed by atoms with Gasteiger partial charge in [0.2, 0.25) is 5.91 Å². The summed E-state index contributed by atoms with van der Waals surface area (Å²) in [5.41, 5.74) is 6.69. The van der Waals surface area contributed by atoms with Gasteiger partial charge in [0.1, 0.15) is 5.75 Å². The first-order valence-electron chi connectivity index (χ1n) is 6.78. The number of methoxy groups -OCH3 is 1. The number of nitrogens with two attached hydrogens (primary N) is 1. The van der Waals surface area contributed by atoms with Crippen molar-refractivity contribution in [1.82, 2.24) is 5.32 Å². The molecule has 1 aromatic rings. The van der Waals surface area contributed by atoms with Gasteiger partial charge in [0.25, 0.3) is 0 Å². The summed E-state index contributed by atoms with van der Waals surface area (Å²) in [6, 6.07) is 7.33. The lowest BCUT2D eigenvalue weighted by Gasteiger charge is -2.20. The molecule has 0 heterocycles. The fourth-order valence-electron chi connectivity index (χ4n) is 1.87. The van der Waals surface area contributed by atoms with Crippen LogP contribution in [0.4, 0.5) is 0 Å². The highest BCUT2D eigenvalue weighted by atomic mass is 16.5. The second kappa shape index (κ2) is 7.79. The van der Waals surface area contributed by atoms with Crippen LogP contribution in [0.15, 0.2) is 24.3 Å². The largest absolute Gasteiger partial charge is 0.497 e.